The van der Waals surface area contributed by atoms with Gasteiger partial charge in [-0.15, -0.1) is 0 Å². The van der Waals surface area contributed by atoms with Crippen LogP contribution in [0.3, 0.4) is 0 Å². The Bertz CT molecular complexity index is 1220. The molecule has 0 saturated heterocycles. The number of hydrogen-bond donors (Lipinski definition) is 1. The number of carbonyl (C=O) groups is 2. The fraction of sp³-hybridized carbons (Fsp3) is 0.214. The Morgan fingerprint density at radius 3 is 2.63 bits per heavy atom. The number of halogens is 1. The van der Waals surface area contributed by atoms with Gasteiger partial charge in [-0.3, -0.25) is 14.5 Å². The molecule has 3 aromatic rings. The monoisotopic (exact) mass is 505 g/mol. The summed E-state index contributed by atoms with van der Waals surface area (Å²) in [5.74, 6) is -0.362. The average Bonchev–Trinajstić information content (AvgIpc) is 2.85. The van der Waals surface area contributed by atoms with E-state index in [0.29, 0.717) is 16.5 Å². The maximum atomic E-state index is 13.3. The molecule has 2 amide bonds. The van der Waals surface area contributed by atoms with E-state index in [-0.39, 0.29) is 18.4 Å². The first-order valence-corrected chi connectivity index (χ1v) is 12.7. The van der Waals surface area contributed by atoms with E-state index >= 15 is 0 Å². The predicted octanol–water partition coefficient (Wildman–Crippen LogP) is 5.46. The second-order valence-electron chi connectivity index (χ2n) is 8.45. The third-order valence-corrected chi connectivity index (χ3v) is 6.93. The van der Waals surface area contributed by atoms with Crippen molar-refractivity contribution >= 4 is 46.9 Å². The number of anilines is 1. The lowest BCUT2D eigenvalue weighted by Gasteiger charge is -2.29. The summed E-state index contributed by atoms with van der Waals surface area (Å²) in [6.07, 6.45) is 2.65. The highest BCUT2D eigenvalue weighted by Gasteiger charge is 2.30. The first kappa shape index (κ1) is 25.0. The van der Waals surface area contributed by atoms with Crippen LogP contribution in [-0.4, -0.2) is 43.4 Å². The summed E-state index contributed by atoms with van der Waals surface area (Å²) >= 11 is 7.52. The number of fused-ring (bicyclic) bond motifs is 1. The lowest BCUT2D eigenvalue weighted by atomic mass is 10.2. The summed E-state index contributed by atoms with van der Waals surface area (Å²) in [5.41, 5.74) is 2.86. The third kappa shape index (κ3) is 6.98. The summed E-state index contributed by atoms with van der Waals surface area (Å²) in [7, 11) is 2.07. The second kappa shape index (κ2) is 12.1. The molecule has 0 atom stereocenters. The Morgan fingerprint density at radius 2 is 1.83 bits per heavy atom. The highest BCUT2D eigenvalue weighted by Crippen LogP contribution is 2.41. The maximum absolute atomic E-state index is 13.3. The van der Waals surface area contributed by atoms with E-state index in [0.717, 1.165) is 35.7 Å². The zero-order valence-corrected chi connectivity index (χ0v) is 21.2. The van der Waals surface area contributed by atoms with Crippen molar-refractivity contribution in [1.82, 2.24) is 10.2 Å². The highest BCUT2D eigenvalue weighted by molar-refractivity contribution is 8.04. The van der Waals surface area contributed by atoms with Crippen LogP contribution in [0.25, 0.3) is 6.08 Å². The molecule has 1 aliphatic heterocycles. The van der Waals surface area contributed by atoms with Gasteiger partial charge < -0.3 is 10.2 Å². The fourth-order valence-electron chi connectivity index (χ4n) is 3.92. The van der Waals surface area contributed by atoms with Gasteiger partial charge in [-0.1, -0.05) is 78.0 Å². The van der Waals surface area contributed by atoms with Gasteiger partial charge >= 0.3 is 0 Å². The number of rotatable bonds is 9. The largest absolute Gasteiger partial charge is 0.355 e. The Balaban J connectivity index is 1.35. The number of thioether (sulfide) groups is 1. The minimum Gasteiger partial charge on any atom is -0.355 e. The topological polar surface area (TPSA) is 52.7 Å². The molecule has 1 heterocycles. The number of para-hydroxylation sites is 1. The molecule has 0 bridgehead atoms. The van der Waals surface area contributed by atoms with E-state index in [4.69, 9.17) is 11.6 Å². The minimum atomic E-state index is -0.189. The van der Waals surface area contributed by atoms with Gasteiger partial charge in [0.05, 0.1) is 10.6 Å². The maximum Gasteiger partial charge on any atom is 0.265 e. The molecule has 1 N–H and O–H groups in total. The van der Waals surface area contributed by atoms with Crippen LogP contribution in [0, 0.1) is 0 Å². The van der Waals surface area contributed by atoms with Crippen LogP contribution in [0.4, 0.5) is 5.69 Å². The van der Waals surface area contributed by atoms with Gasteiger partial charge in [0.1, 0.15) is 6.54 Å². The van der Waals surface area contributed by atoms with Crippen LogP contribution in [0.5, 0.6) is 0 Å². The van der Waals surface area contributed by atoms with Crippen molar-refractivity contribution in [3.8, 4) is 0 Å². The first-order chi connectivity index (χ1) is 17.0. The summed E-state index contributed by atoms with van der Waals surface area (Å²) < 4.78 is 0. The molecule has 0 spiro atoms. The van der Waals surface area contributed by atoms with Gasteiger partial charge in [0.15, 0.2) is 0 Å². The second-order valence-corrected chi connectivity index (χ2v) is 9.97. The van der Waals surface area contributed by atoms with Crippen LogP contribution in [0.1, 0.15) is 17.5 Å². The van der Waals surface area contributed by atoms with Gasteiger partial charge in [-0.2, -0.15) is 0 Å². The van der Waals surface area contributed by atoms with Crippen molar-refractivity contribution in [2.24, 2.45) is 0 Å². The number of hydrogen-bond acceptors (Lipinski definition) is 4. The first-order valence-electron chi connectivity index (χ1n) is 11.5. The molecule has 0 unspecified atom stereocenters. The summed E-state index contributed by atoms with van der Waals surface area (Å²) in [5, 5.41) is 3.58. The molecule has 1 aliphatic rings. The van der Waals surface area contributed by atoms with Gasteiger partial charge in [0.2, 0.25) is 5.91 Å². The van der Waals surface area contributed by atoms with Crippen LogP contribution < -0.4 is 10.2 Å². The molecule has 0 aromatic heterocycles. The van der Waals surface area contributed by atoms with Crippen molar-refractivity contribution in [1.29, 1.82) is 0 Å². The minimum absolute atomic E-state index is 0.0247. The number of amides is 2. The van der Waals surface area contributed by atoms with Crippen molar-refractivity contribution < 1.29 is 9.59 Å². The summed E-state index contributed by atoms with van der Waals surface area (Å²) in [4.78, 5) is 31.4. The van der Waals surface area contributed by atoms with Gasteiger partial charge in [-0.25, -0.2) is 0 Å². The number of nitrogens with one attached hydrogen (secondary N) is 1. The van der Waals surface area contributed by atoms with E-state index < -0.39 is 0 Å². The van der Waals surface area contributed by atoms with E-state index in [1.165, 1.54) is 17.3 Å². The van der Waals surface area contributed by atoms with E-state index in [9.17, 15) is 9.59 Å². The molecule has 0 fully saturated rings. The van der Waals surface area contributed by atoms with Crippen molar-refractivity contribution in [3.63, 3.8) is 0 Å². The molecule has 3 aromatic carbocycles. The summed E-state index contributed by atoms with van der Waals surface area (Å²) in [6.45, 7) is 2.27. The normalized spacial score (nSPS) is 14.3. The molecular formula is C28H28ClN3O2S. The van der Waals surface area contributed by atoms with Gasteiger partial charge in [-0.05, 0) is 61.5 Å². The van der Waals surface area contributed by atoms with Crippen LogP contribution in [-0.2, 0) is 16.1 Å². The Kier molecular flexibility index (Phi) is 8.64. The quantitative estimate of drug-likeness (QED) is 0.310. The van der Waals surface area contributed by atoms with E-state index in [1.807, 2.05) is 66.7 Å². The van der Waals surface area contributed by atoms with E-state index in [1.54, 1.807) is 11.0 Å². The smallest absolute Gasteiger partial charge is 0.265 e. The van der Waals surface area contributed by atoms with E-state index in [2.05, 4.69) is 29.4 Å². The molecule has 35 heavy (non-hydrogen) atoms. The number of benzene rings is 3. The van der Waals surface area contributed by atoms with Crippen LogP contribution in [0.2, 0.25) is 5.02 Å². The fourth-order valence-corrected chi connectivity index (χ4v) is 5.17. The van der Waals surface area contributed by atoms with Crippen molar-refractivity contribution in [2.45, 2.75) is 17.9 Å². The van der Waals surface area contributed by atoms with Crippen LogP contribution >= 0.6 is 23.4 Å². The Morgan fingerprint density at radius 1 is 1.06 bits per heavy atom. The Hall–Kier alpha value is -3.06. The number of carbonyl (C=O) groups excluding carboxylic acids is 2. The zero-order valence-electron chi connectivity index (χ0n) is 19.6. The van der Waals surface area contributed by atoms with Crippen LogP contribution in [0.15, 0.2) is 88.7 Å². The van der Waals surface area contributed by atoms with Crippen molar-refractivity contribution in [3.05, 3.63) is 99.9 Å². The highest BCUT2D eigenvalue weighted by atomic mass is 35.5. The standard InChI is InChI=1S/C28H28ClN3O2S/c1-31(19-21-9-3-2-4-10-21)16-8-15-30-27(33)20-32-24-13-5-6-14-25(24)35-26(28(32)34)18-22-11-7-12-23(29)17-22/h2-7,9-14,17-18H,8,15-16,19-20H2,1H3,(H,30,33)/b26-18-. The SMILES string of the molecule is CN(CCCNC(=O)CN1C(=O)/C(=C/c2cccc(Cl)c2)Sc2ccccc21)Cc1ccccc1. The summed E-state index contributed by atoms with van der Waals surface area (Å²) in [6, 6.07) is 25.3. The molecule has 0 saturated carbocycles. The predicted molar refractivity (Wildman–Crippen MR) is 144 cm³/mol. The number of nitrogens with zero attached hydrogens (tertiary/aromatic N) is 2. The Labute approximate surface area is 215 Å². The van der Waals surface area contributed by atoms with Gasteiger partial charge in [0, 0.05) is 23.0 Å². The van der Waals surface area contributed by atoms with Crippen molar-refractivity contribution in [2.75, 3.05) is 31.6 Å². The van der Waals surface area contributed by atoms with Gasteiger partial charge in [0.25, 0.3) is 5.91 Å². The molecule has 0 radical (unpaired) electrons. The molecule has 7 heteroatoms. The molecule has 5 nitrogen and oxygen atoms in total. The molecule has 0 aliphatic carbocycles. The lowest BCUT2D eigenvalue weighted by Crippen LogP contribution is -2.43. The lowest BCUT2D eigenvalue weighted by molar-refractivity contribution is -0.122. The molecule has 180 valence electrons. The average molecular weight is 506 g/mol. The molecular weight excluding hydrogens is 478 g/mol. The zero-order chi connectivity index (χ0) is 24.6. The molecule has 4 rings (SSSR count). The third-order valence-electron chi connectivity index (χ3n) is 5.61.